The molecule has 36 heavy (non-hydrogen) atoms. The van der Waals surface area contributed by atoms with Gasteiger partial charge in [-0.1, -0.05) is 48.9 Å². The Morgan fingerprint density at radius 3 is 2.50 bits per heavy atom. The molecule has 1 fully saturated rings. The summed E-state index contributed by atoms with van der Waals surface area (Å²) in [5.74, 6) is -0.729. The number of anilines is 1. The molecule has 1 amide bonds. The molecule has 0 aliphatic heterocycles. The van der Waals surface area contributed by atoms with Crippen LogP contribution in [0.1, 0.15) is 77.3 Å². The number of fused-ring (bicyclic) bond motifs is 1. The van der Waals surface area contributed by atoms with Crippen LogP contribution in [0.5, 0.6) is 5.75 Å². The minimum absolute atomic E-state index is 0.147. The lowest BCUT2D eigenvalue weighted by Gasteiger charge is -2.24. The van der Waals surface area contributed by atoms with Gasteiger partial charge in [0.2, 0.25) is 5.91 Å². The molecular formula is C30H30NO5. The van der Waals surface area contributed by atoms with Gasteiger partial charge in [-0.25, -0.2) is 4.79 Å². The van der Waals surface area contributed by atoms with Crippen LogP contribution in [0.2, 0.25) is 0 Å². The zero-order valence-corrected chi connectivity index (χ0v) is 20.2. The van der Waals surface area contributed by atoms with E-state index in [9.17, 15) is 19.5 Å². The maximum absolute atomic E-state index is 13.2. The van der Waals surface area contributed by atoms with E-state index in [0.29, 0.717) is 30.8 Å². The van der Waals surface area contributed by atoms with Crippen LogP contribution >= 0.6 is 0 Å². The highest BCUT2D eigenvalue weighted by atomic mass is 16.4. The number of hydrogen-bond acceptors (Lipinski definition) is 5. The highest BCUT2D eigenvalue weighted by Gasteiger charge is 2.39. The Hall–Kier alpha value is -3.67. The molecule has 1 aromatic heterocycles. The molecule has 1 saturated carbocycles. The van der Waals surface area contributed by atoms with Gasteiger partial charge in [-0.3, -0.25) is 9.59 Å². The fourth-order valence-corrected chi connectivity index (χ4v) is 5.27. The fraction of sp³-hybridized carbons (Fsp3) is 0.333. The normalized spacial score (nSPS) is 16.5. The average Bonchev–Trinajstić information content (AvgIpc) is 3.69. The van der Waals surface area contributed by atoms with Crippen molar-refractivity contribution in [1.82, 2.24) is 0 Å². The number of carbonyl (C=O) groups excluding carboxylic acids is 2. The predicted octanol–water partition coefficient (Wildman–Crippen LogP) is 5.55. The zero-order chi connectivity index (χ0) is 25.2. The molecule has 2 aromatic carbocycles. The van der Waals surface area contributed by atoms with Crippen LogP contribution in [-0.4, -0.2) is 16.8 Å². The molecule has 1 unspecified atom stereocenters. The SMILES string of the molecule is [CH2]C(=O)N(Cc1ccccc1)c1cccc(C(c2c(O)c3c(oc2=O)CCCCCC3=O)C2CC2)c1. The number of amides is 1. The van der Waals surface area contributed by atoms with Gasteiger partial charge in [-0.15, -0.1) is 0 Å². The summed E-state index contributed by atoms with van der Waals surface area (Å²) < 4.78 is 5.68. The maximum Gasteiger partial charge on any atom is 0.343 e. The van der Waals surface area contributed by atoms with Crippen LogP contribution in [0.25, 0.3) is 0 Å². The lowest BCUT2D eigenvalue weighted by atomic mass is 9.85. The Morgan fingerprint density at radius 2 is 1.78 bits per heavy atom. The lowest BCUT2D eigenvalue weighted by Crippen LogP contribution is -2.28. The van der Waals surface area contributed by atoms with E-state index in [1.807, 2.05) is 54.6 Å². The first-order valence-corrected chi connectivity index (χ1v) is 12.6. The van der Waals surface area contributed by atoms with Crippen molar-refractivity contribution in [3.8, 4) is 5.75 Å². The maximum atomic E-state index is 13.2. The van der Waals surface area contributed by atoms with Crippen LogP contribution < -0.4 is 10.5 Å². The molecule has 1 radical (unpaired) electrons. The van der Waals surface area contributed by atoms with E-state index < -0.39 is 11.5 Å². The average molecular weight is 485 g/mol. The first-order chi connectivity index (χ1) is 17.4. The number of carbonyl (C=O) groups is 2. The molecule has 185 valence electrons. The number of rotatable bonds is 6. The van der Waals surface area contributed by atoms with Crippen molar-refractivity contribution >= 4 is 17.4 Å². The van der Waals surface area contributed by atoms with Crippen molar-refractivity contribution in [1.29, 1.82) is 0 Å². The van der Waals surface area contributed by atoms with Crippen molar-refractivity contribution < 1.29 is 19.1 Å². The molecule has 2 aliphatic rings. The van der Waals surface area contributed by atoms with Gasteiger partial charge >= 0.3 is 5.63 Å². The van der Waals surface area contributed by atoms with Gasteiger partial charge in [0, 0.05) is 31.4 Å². The van der Waals surface area contributed by atoms with Crippen LogP contribution in [0.4, 0.5) is 5.69 Å². The molecule has 3 aromatic rings. The second-order valence-electron chi connectivity index (χ2n) is 9.81. The summed E-state index contributed by atoms with van der Waals surface area (Å²) in [7, 11) is 0. The molecule has 0 saturated heterocycles. The van der Waals surface area contributed by atoms with Gasteiger partial charge in [-0.05, 0) is 54.9 Å². The Morgan fingerprint density at radius 1 is 1.03 bits per heavy atom. The molecule has 0 bridgehead atoms. The first kappa shape index (κ1) is 24.0. The van der Waals surface area contributed by atoms with Gasteiger partial charge < -0.3 is 14.4 Å². The highest BCUT2D eigenvalue weighted by Crippen LogP contribution is 2.49. The summed E-state index contributed by atoms with van der Waals surface area (Å²) in [6.45, 7) is 4.00. The minimum atomic E-state index is -0.587. The number of aryl methyl sites for hydroxylation is 1. The van der Waals surface area contributed by atoms with Crippen molar-refractivity contribution in [2.45, 2.75) is 57.4 Å². The standard InChI is InChI=1S/C30H30NO5/c1-19(32)31(18-20-9-4-2-5-10-20)23-12-8-11-22(17-23)26(21-15-16-21)28-29(34)27-24(33)13-6-3-7-14-25(27)36-30(28)35/h2,4-5,8-12,17,21,26,34H,1,3,6-7,13-16,18H2. The molecule has 6 heteroatoms. The molecule has 2 aliphatic carbocycles. The van der Waals surface area contributed by atoms with Gasteiger partial charge in [0.05, 0.1) is 17.7 Å². The number of ketones is 1. The lowest BCUT2D eigenvalue weighted by molar-refractivity contribution is -0.114. The Labute approximate surface area is 210 Å². The van der Waals surface area contributed by atoms with Crippen molar-refractivity contribution in [2.24, 2.45) is 5.92 Å². The molecule has 0 spiro atoms. The van der Waals surface area contributed by atoms with E-state index in [4.69, 9.17) is 4.42 Å². The number of aromatic hydroxyl groups is 1. The number of benzene rings is 2. The van der Waals surface area contributed by atoms with Crippen LogP contribution in [-0.2, 0) is 17.8 Å². The predicted molar refractivity (Wildman–Crippen MR) is 137 cm³/mol. The van der Waals surface area contributed by atoms with Gasteiger partial charge in [0.25, 0.3) is 0 Å². The summed E-state index contributed by atoms with van der Waals surface area (Å²) in [4.78, 5) is 40.2. The number of Topliss-reactive ketones (excluding diaryl/α,β-unsaturated/α-hetero) is 1. The van der Waals surface area contributed by atoms with E-state index >= 15 is 0 Å². The summed E-state index contributed by atoms with van der Waals surface area (Å²) >= 11 is 0. The largest absolute Gasteiger partial charge is 0.506 e. The highest BCUT2D eigenvalue weighted by molar-refractivity contribution is 6.00. The van der Waals surface area contributed by atoms with Gasteiger partial charge in [0.1, 0.15) is 11.5 Å². The fourth-order valence-electron chi connectivity index (χ4n) is 5.27. The third-order valence-electron chi connectivity index (χ3n) is 7.22. The number of hydrogen-bond donors (Lipinski definition) is 1. The zero-order valence-electron chi connectivity index (χ0n) is 20.2. The smallest absolute Gasteiger partial charge is 0.343 e. The van der Waals surface area contributed by atoms with E-state index in [0.717, 1.165) is 43.2 Å². The van der Waals surface area contributed by atoms with E-state index in [2.05, 4.69) is 6.92 Å². The minimum Gasteiger partial charge on any atom is -0.506 e. The Bertz CT molecular complexity index is 1340. The number of nitrogens with zero attached hydrogens (tertiary/aromatic N) is 1. The third-order valence-corrected chi connectivity index (χ3v) is 7.22. The Balaban J connectivity index is 1.57. The summed E-state index contributed by atoms with van der Waals surface area (Å²) in [5.41, 5.74) is 2.17. The van der Waals surface area contributed by atoms with Crippen LogP contribution in [0.3, 0.4) is 0 Å². The second kappa shape index (κ2) is 10.1. The van der Waals surface area contributed by atoms with Crippen molar-refractivity contribution in [3.05, 3.63) is 100.0 Å². The van der Waals surface area contributed by atoms with E-state index in [-0.39, 0.29) is 34.5 Å². The monoisotopic (exact) mass is 484 g/mol. The Kier molecular flexibility index (Phi) is 6.77. The summed E-state index contributed by atoms with van der Waals surface area (Å²) in [5, 5.41) is 11.3. The molecule has 6 nitrogen and oxygen atoms in total. The summed E-state index contributed by atoms with van der Waals surface area (Å²) in [6, 6.07) is 17.1. The van der Waals surface area contributed by atoms with E-state index in [1.54, 1.807) is 4.90 Å². The quantitative estimate of drug-likeness (QED) is 0.495. The first-order valence-electron chi connectivity index (χ1n) is 12.6. The summed E-state index contributed by atoms with van der Waals surface area (Å²) in [6.07, 6.45) is 5.06. The van der Waals surface area contributed by atoms with Gasteiger partial charge in [0.15, 0.2) is 5.78 Å². The third kappa shape index (κ3) is 4.85. The molecular weight excluding hydrogens is 454 g/mol. The van der Waals surface area contributed by atoms with Crippen LogP contribution in [0, 0.1) is 12.8 Å². The van der Waals surface area contributed by atoms with Gasteiger partial charge in [-0.2, -0.15) is 0 Å². The molecule has 5 rings (SSSR count). The second-order valence-corrected chi connectivity index (χ2v) is 9.81. The van der Waals surface area contributed by atoms with Crippen LogP contribution in [0.15, 0.2) is 63.8 Å². The molecule has 1 heterocycles. The molecule has 1 atom stereocenters. The van der Waals surface area contributed by atoms with Crippen molar-refractivity contribution in [3.63, 3.8) is 0 Å². The van der Waals surface area contributed by atoms with E-state index in [1.165, 1.54) is 0 Å². The molecule has 1 N–H and O–H groups in total. The van der Waals surface area contributed by atoms with Crippen molar-refractivity contribution in [2.75, 3.05) is 4.90 Å². The topological polar surface area (TPSA) is 87.8 Å².